The first-order valence-corrected chi connectivity index (χ1v) is 9.87. The largest absolute Gasteiger partial charge is 0.475 e. The lowest BCUT2D eigenvalue weighted by Gasteiger charge is -2.39. The molecule has 3 aromatic rings. The zero-order valence-electron chi connectivity index (χ0n) is 16.8. The monoisotopic (exact) mass is 402 g/mol. The molecule has 2 aromatic heterocycles. The van der Waals surface area contributed by atoms with Gasteiger partial charge in [-0.15, -0.1) is 0 Å². The van der Waals surface area contributed by atoms with Crippen LogP contribution in [0.2, 0.25) is 0 Å². The molecule has 0 radical (unpaired) electrons. The third kappa shape index (κ3) is 3.07. The highest BCUT2D eigenvalue weighted by Gasteiger charge is 2.45. The van der Waals surface area contributed by atoms with Gasteiger partial charge in [-0.25, -0.2) is 4.98 Å². The maximum absolute atomic E-state index is 6.19. The molecule has 0 aliphatic carbocycles. The minimum absolute atomic E-state index is 0.00310. The van der Waals surface area contributed by atoms with Crippen LogP contribution < -0.4 is 15.2 Å². The number of fused-ring (bicyclic) bond motifs is 4. The number of aliphatic imine (C=N–C) groups is 1. The summed E-state index contributed by atoms with van der Waals surface area (Å²) in [6, 6.07) is 11.8. The van der Waals surface area contributed by atoms with Crippen molar-refractivity contribution in [2.45, 2.75) is 25.5 Å². The molecule has 0 saturated carbocycles. The number of pyridine rings is 2. The van der Waals surface area contributed by atoms with E-state index in [1.807, 2.05) is 50.4 Å². The fourth-order valence-corrected chi connectivity index (χ4v) is 3.94. The molecule has 0 unspecified atom stereocenters. The Balaban J connectivity index is 1.72. The fraction of sp³-hybridized carbons (Fsp3) is 0.261. The topological polar surface area (TPSA) is 91.8 Å². The van der Waals surface area contributed by atoms with E-state index in [2.05, 4.69) is 16.0 Å². The third-order valence-corrected chi connectivity index (χ3v) is 5.18. The van der Waals surface area contributed by atoms with E-state index in [1.165, 1.54) is 0 Å². The third-order valence-electron chi connectivity index (χ3n) is 5.18. The molecule has 4 heterocycles. The van der Waals surface area contributed by atoms with Crippen LogP contribution in [0.3, 0.4) is 0 Å². The fourth-order valence-electron chi connectivity index (χ4n) is 3.94. The summed E-state index contributed by atoms with van der Waals surface area (Å²) in [6.07, 6.45) is 5.26. The van der Waals surface area contributed by atoms with Crippen LogP contribution in [0, 0.1) is 0 Å². The van der Waals surface area contributed by atoms with Gasteiger partial charge in [0, 0.05) is 35.2 Å². The number of aromatic nitrogens is 2. The number of nitrogens with zero attached hydrogens (tertiary/aromatic N) is 3. The van der Waals surface area contributed by atoms with Crippen molar-refractivity contribution in [2.75, 3.05) is 13.2 Å². The lowest BCUT2D eigenvalue weighted by Crippen LogP contribution is -2.42. The Morgan fingerprint density at radius 1 is 1.07 bits per heavy atom. The Morgan fingerprint density at radius 2 is 1.93 bits per heavy atom. The second kappa shape index (κ2) is 7.11. The van der Waals surface area contributed by atoms with Crippen molar-refractivity contribution < 1.29 is 14.2 Å². The summed E-state index contributed by atoms with van der Waals surface area (Å²) in [7, 11) is 0. The average Bonchev–Trinajstić information content (AvgIpc) is 2.75. The van der Waals surface area contributed by atoms with E-state index in [-0.39, 0.29) is 6.10 Å². The molecule has 1 spiro atoms. The summed E-state index contributed by atoms with van der Waals surface area (Å²) < 4.78 is 17.9. The van der Waals surface area contributed by atoms with Crippen LogP contribution >= 0.6 is 0 Å². The van der Waals surface area contributed by atoms with Gasteiger partial charge < -0.3 is 19.9 Å². The van der Waals surface area contributed by atoms with Crippen LogP contribution in [0.5, 0.6) is 17.4 Å². The van der Waals surface area contributed by atoms with Crippen molar-refractivity contribution in [3.63, 3.8) is 0 Å². The molecule has 0 fully saturated rings. The SMILES string of the molecule is CC(C)Oc1cc2c(cn1)Oc1ccc(-c3cccnc3)cc1[C@@]21COCC(N)=N1. The number of amidine groups is 1. The first kappa shape index (κ1) is 18.6. The van der Waals surface area contributed by atoms with E-state index in [4.69, 9.17) is 24.9 Å². The number of benzene rings is 1. The lowest BCUT2D eigenvalue weighted by molar-refractivity contribution is 0.109. The summed E-state index contributed by atoms with van der Waals surface area (Å²) >= 11 is 0. The molecular weight excluding hydrogens is 380 g/mol. The van der Waals surface area contributed by atoms with Gasteiger partial charge in [-0.1, -0.05) is 12.1 Å². The van der Waals surface area contributed by atoms with Crippen LogP contribution in [0.25, 0.3) is 11.1 Å². The second-order valence-corrected chi connectivity index (χ2v) is 7.70. The van der Waals surface area contributed by atoms with Crippen molar-refractivity contribution in [3.05, 3.63) is 66.1 Å². The molecule has 30 heavy (non-hydrogen) atoms. The Hall–Kier alpha value is -3.45. The molecule has 2 aliphatic heterocycles. The van der Waals surface area contributed by atoms with Crippen LogP contribution in [0.1, 0.15) is 25.0 Å². The van der Waals surface area contributed by atoms with Crippen LogP contribution in [0.15, 0.2) is 60.0 Å². The van der Waals surface area contributed by atoms with Gasteiger partial charge in [-0.3, -0.25) is 9.98 Å². The first-order valence-electron chi connectivity index (χ1n) is 9.87. The van der Waals surface area contributed by atoms with Crippen molar-refractivity contribution in [2.24, 2.45) is 10.7 Å². The van der Waals surface area contributed by atoms with Gasteiger partial charge in [0.2, 0.25) is 5.88 Å². The van der Waals surface area contributed by atoms with Gasteiger partial charge in [-0.05, 0) is 37.6 Å². The molecule has 7 nitrogen and oxygen atoms in total. The first-order chi connectivity index (χ1) is 14.5. The standard InChI is InChI=1S/C23H22N4O3/c1-14(2)29-22-9-18-20(11-26-22)30-19-6-5-15(16-4-3-7-25-10-16)8-17(19)23(18)13-28-12-21(24)27-23/h3-11,14H,12-13H2,1-2H3,(H2,24,27)/t23-/m0/s1. The zero-order valence-corrected chi connectivity index (χ0v) is 16.8. The maximum Gasteiger partial charge on any atom is 0.214 e. The molecule has 0 saturated heterocycles. The summed E-state index contributed by atoms with van der Waals surface area (Å²) in [5.74, 6) is 2.28. The second-order valence-electron chi connectivity index (χ2n) is 7.70. The normalized spacial score (nSPS) is 19.6. The minimum Gasteiger partial charge on any atom is -0.475 e. The van der Waals surface area contributed by atoms with Gasteiger partial charge in [0.15, 0.2) is 5.75 Å². The number of hydrogen-bond acceptors (Lipinski definition) is 7. The Labute approximate surface area is 174 Å². The zero-order chi connectivity index (χ0) is 20.7. The van der Waals surface area contributed by atoms with Crippen molar-refractivity contribution in [3.8, 4) is 28.5 Å². The quantitative estimate of drug-likeness (QED) is 0.719. The molecule has 5 rings (SSSR count). The van der Waals surface area contributed by atoms with E-state index in [9.17, 15) is 0 Å². The molecule has 0 bridgehead atoms. The van der Waals surface area contributed by atoms with Crippen molar-refractivity contribution >= 4 is 5.84 Å². The minimum atomic E-state index is -0.832. The Bertz CT molecular complexity index is 1130. The van der Waals surface area contributed by atoms with Gasteiger partial charge in [0.25, 0.3) is 0 Å². The van der Waals surface area contributed by atoms with E-state index in [0.717, 1.165) is 22.3 Å². The van der Waals surface area contributed by atoms with Gasteiger partial charge in [0.05, 0.1) is 18.9 Å². The van der Waals surface area contributed by atoms with E-state index in [0.29, 0.717) is 36.4 Å². The highest BCUT2D eigenvalue weighted by molar-refractivity contribution is 5.84. The molecule has 2 N–H and O–H groups in total. The Morgan fingerprint density at radius 3 is 2.70 bits per heavy atom. The average molecular weight is 402 g/mol. The number of rotatable bonds is 3. The van der Waals surface area contributed by atoms with Gasteiger partial charge in [0.1, 0.15) is 23.7 Å². The van der Waals surface area contributed by atoms with Crippen molar-refractivity contribution in [1.29, 1.82) is 0 Å². The smallest absolute Gasteiger partial charge is 0.214 e. The molecule has 1 aromatic carbocycles. The molecule has 0 amide bonds. The number of ether oxygens (including phenoxy) is 3. The maximum atomic E-state index is 6.19. The molecule has 7 heteroatoms. The number of nitrogens with two attached hydrogens (primary N) is 1. The summed E-state index contributed by atoms with van der Waals surface area (Å²) in [5.41, 5.74) is 9.06. The predicted molar refractivity (Wildman–Crippen MR) is 113 cm³/mol. The van der Waals surface area contributed by atoms with E-state index >= 15 is 0 Å². The van der Waals surface area contributed by atoms with E-state index < -0.39 is 5.54 Å². The lowest BCUT2D eigenvalue weighted by atomic mass is 9.80. The van der Waals surface area contributed by atoms with Crippen molar-refractivity contribution in [1.82, 2.24) is 9.97 Å². The highest BCUT2D eigenvalue weighted by atomic mass is 16.5. The van der Waals surface area contributed by atoms with E-state index in [1.54, 1.807) is 12.4 Å². The molecule has 152 valence electrons. The van der Waals surface area contributed by atoms with Crippen LogP contribution in [0.4, 0.5) is 0 Å². The van der Waals surface area contributed by atoms with Gasteiger partial charge >= 0.3 is 0 Å². The van der Waals surface area contributed by atoms with Crippen LogP contribution in [-0.2, 0) is 10.3 Å². The Kier molecular flexibility index (Phi) is 4.40. The molecule has 1 atom stereocenters. The predicted octanol–water partition coefficient (Wildman–Crippen LogP) is 3.67. The molecule has 2 aliphatic rings. The highest BCUT2D eigenvalue weighted by Crippen LogP contribution is 2.51. The molecular formula is C23H22N4O3. The number of hydrogen-bond donors (Lipinski definition) is 1. The summed E-state index contributed by atoms with van der Waals surface area (Å²) in [6.45, 7) is 4.57. The van der Waals surface area contributed by atoms with Crippen LogP contribution in [-0.4, -0.2) is 35.1 Å². The summed E-state index contributed by atoms with van der Waals surface area (Å²) in [4.78, 5) is 13.5. The summed E-state index contributed by atoms with van der Waals surface area (Å²) in [5, 5.41) is 0. The van der Waals surface area contributed by atoms with Gasteiger partial charge in [-0.2, -0.15) is 0 Å².